The number of fused-ring (bicyclic) bond motifs is 1. The van der Waals surface area contributed by atoms with E-state index in [2.05, 4.69) is 16.9 Å². The van der Waals surface area contributed by atoms with Gasteiger partial charge in [-0.05, 0) is 30.5 Å². The maximum absolute atomic E-state index is 12.3. The highest BCUT2D eigenvalue weighted by molar-refractivity contribution is 5.77. The van der Waals surface area contributed by atoms with Gasteiger partial charge in [-0.3, -0.25) is 4.79 Å². The maximum Gasteiger partial charge on any atom is 0.223 e. The fourth-order valence-corrected chi connectivity index (χ4v) is 2.66. The molecule has 0 radical (unpaired) electrons. The van der Waals surface area contributed by atoms with Crippen molar-refractivity contribution in [2.24, 2.45) is 0 Å². The van der Waals surface area contributed by atoms with Crippen molar-refractivity contribution in [3.05, 3.63) is 53.6 Å². The number of aryl methyl sites for hydroxylation is 1. The molecule has 5 heteroatoms. The highest BCUT2D eigenvalue weighted by atomic mass is 16.5. The van der Waals surface area contributed by atoms with Crippen molar-refractivity contribution < 1.29 is 9.53 Å². The third-order valence-corrected chi connectivity index (χ3v) is 3.96. The van der Waals surface area contributed by atoms with Gasteiger partial charge in [0.25, 0.3) is 0 Å². The van der Waals surface area contributed by atoms with Crippen LogP contribution in [0.2, 0.25) is 0 Å². The van der Waals surface area contributed by atoms with Crippen LogP contribution in [0.5, 0.6) is 5.75 Å². The minimum atomic E-state index is 0.161. The van der Waals surface area contributed by atoms with E-state index in [0.717, 1.165) is 42.0 Å². The van der Waals surface area contributed by atoms with Crippen LogP contribution in [-0.4, -0.2) is 27.4 Å². The summed E-state index contributed by atoms with van der Waals surface area (Å²) in [6.45, 7) is 4.04. The van der Waals surface area contributed by atoms with E-state index in [4.69, 9.17) is 4.74 Å². The number of aromatic nitrogens is 2. The number of carbonyl (C=O) groups excluding carboxylic acids is 1. The van der Waals surface area contributed by atoms with E-state index in [1.54, 1.807) is 6.20 Å². The summed E-state index contributed by atoms with van der Waals surface area (Å²) in [5, 5.41) is 0. The molecule has 120 valence electrons. The number of amides is 1. The molecule has 3 rings (SSSR count). The zero-order valence-corrected chi connectivity index (χ0v) is 13.4. The Bertz CT molecular complexity index is 645. The fraction of sp³-hybridized carbons (Fsp3) is 0.389. The first-order valence-electron chi connectivity index (χ1n) is 8.03. The Kier molecular flexibility index (Phi) is 4.86. The van der Waals surface area contributed by atoms with Gasteiger partial charge in [-0.15, -0.1) is 0 Å². The Balaban J connectivity index is 1.50. The Morgan fingerprint density at radius 1 is 1.26 bits per heavy atom. The first kappa shape index (κ1) is 15.5. The monoisotopic (exact) mass is 311 g/mol. The van der Waals surface area contributed by atoms with Crippen molar-refractivity contribution in [2.75, 3.05) is 6.61 Å². The Morgan fingerprint density at radius 3 is 2.83 bits per heavy atom. The average Bonchev–Trinajstić information content (AvgIpc) is 3.03. The van der Waals surface area contributed by atoms with Gasteiger partial charge in [0.05, 0.1) is 18.8 Å². The van der Waals surface area contributed by atoms with Crippen LogP contribution in [0.1, 0.15) is 36.6 Å². The van der Waals surface area contributed by atoms with Gasteiger partial charge in [-0.2, -0.15) is 0 Å². The largest absolute Gasteiger partial charge is 0.494 e. The summed E-state index contributed by atoms with van der Waals surface area (Å²) in [6, 6.07) is 8.00. The molecule has 1 aliphatic heterocycles. The molecule has 1 aromatic carbocycles. The minimum absolute atomic E-state index is 0.161. The number of hydrogen-bond acceptors (Lipinski definition) is 4. The Hall–Kier alpha value is -2.43. The van der Waals surface area contributed by atoms with Gasteiger partial charge in [0.15, 0.2) is 0 Å². The summed E-state index contributed by atoms with van der Waals surface area (Å²) in [6.07, 6.45) is 5.58. The standard InChI is InChI=1S/C18H21N3O2/c1-2-9-23-16-6-3-14(4-7-16)5-8-18(22)21-11-15-10-19-13-20-17(15)12-21/h3-4,6-7,10,13H,2,5,8-9,11-12H2,1H3. The summed E-state index contributed by atoms with van der Waals surface area (Å²) in [5.41, 5.74) is 3.17. The number of nitrogens with zero attached hydrogens (tertiary/aromatic N) is 3. The SMILES string of the molecule is CCCOc1ccc(CCC(=O)N2Cc3cncnc3C2)cc1. The number of ether oxygens (including phenoxy) is 1. The van der Waals surface area contributed by atoms with Crippen LogP contribution in [0.25, 0.3) is 0 Å². The van der Waals surface area contributed by atoms with Crippen molar-refractivity contribution in [1.29, 1.82) is 0 Å². The zero-order chi connectivity index (χ0) is 16.1. The summed E-state index contributed by atoms with van der Waals surface area (Å²) < 4.78 is 5.56. The smallest absolute Gasteiger partial charge is 0.223 e. The number of hydrogen-bond donors (Lipinski definition) is 0. The first-order chi connectivity index (χ1) is 11.3. The van der Waals surface area contributed by atoms with Gasteiger partial charge < -0.3 is 9.64 Å². The van der Waals surface area contributed by atoms with E-state index >= 15 is 0 Å². The molecule has 2 heterocycles. The zero-order valence-electron chi connectivity index (χ0n) is 13.4. The van der Waals surface area contributed by atoms with Gasteiger partial charge in [-0.25, -0.2) is 9.97 Å². The molecular formula is C18H21N3O2. The topological polar surface area (TPSA) is 55.3 Å². The number of carbonyl (C=O) groups is 1. The number of rotatable bonds is 6. The molecule has 0 spiro atoms. The third-order valence-electron chi connectivity index (χ3n) is 3.96. The van der Waals surface area contributed by atoms with Gasteiger partial charge in [0.2, 0.25) is 5.91 Å². The molecule has 0 unspecified atom stereocenters. The second kappa shape index (κ2) is 7.22. The van der Waals surface area contributed by atoms with Crippen LogP contribution < -0.4 is 4.74 Å². The molecule has 2 aromatic rings. The second-order valence-corrected chi connectivity index (χ2v) is 5.74. The van der Waals surface area contributed by atoms with E-state index in [0.29, 0.717) is 19.5 Å². The van der Waals surface area contributed by atoms with Crippen LogP contribution >= 0.6 is 0 Å². The lowest BCUT2D eigenvalue weighted by Crippen LogP contribution is -2.25. The molecule has 23 heavy (non-hydrogen) atoms. The molecule has 0 bridgehead atoms. The van der Waals surface area contributed by atoms with Crippen LogP contribution in [0, 0.1) is 0 Å². The predicted octanol–water partition coefficient (Wildman–Crippen LogP) is 2.74. The number of benzene rings is 1. The van der Waals surface area contributed by atoms with Crippen LogP contribution in [0.4, 0.5) is 0 Å². The molecule has 0 aliphatic carbocycles. The Morgan fingerprint density at radius 2 is 2.09 bits per heavy atom. The maximum atomic E-state index is 12.3. The Labute approximate surface area is 136 Å². The fourth-order valence-electron chi connectivity index (χ4n) is 2.66. The first-order valence-corrected chi connectivity index (χ1v) is 8.03. The van der Waals surface area contributed by atoms with E-state index in [-0.39, 0.29) is 5.91 Å². The molecule has 1 aromatic heterocycles. The molecule has 0 saturated carbocycles. The quantitative estimate of drug-likeness (QED) is 0.823. The summed E-state index contributed by atoms with van der Waals surface area (Å²) in [5.74, 6) is 1.05. The van der Waals surface area contributed by atoms with Gasteiger partial charge in [0.1, 0.15) is 12.1 Å². The van der Waals surface area contributed by atoms with E-state index < -0.39 is 0 Å². The van der Waals surface area contributed by atoms with Crippen molar-refractivity contribution in [3.8, 4) is 5.75 Å². The molecular weight excluding hydrogens is 290 g/mol. The molecule has 1 amide bonds. The average molecular weight is 311 g/mol. The van der Waals surface area contributed by atoms with E-state index in [1.807, 2.05) is 29.2 Å². The van der Waals surface area contributed by atoms with E-state index in [9.17, 15) is 4.79 Å². The highest BCUT2D eigenvalue weighted by Crippen LogP contribution is 2.21. The highest BCUT2D eigenvalue weighted by Gasteiger charge is 2.23. The summed E-state index contributed by atoms with van der Waals surface area (Å²) in [4.78, 5) is 22.4. The lowest BCUT2D eigenvalue weighted by molar-refractivity contribution is -0.131. The molecule has 1 aliphatic rings. The van der Waals surface area contributed by atoms with E-state index in [1.165, 1.54) is 6.33 Å². The molecule has 5 nitrogen and oxygen atoms in total. The lowest BCUT2D eigenvalue weighted by Gasteiger charge is -2.15. The van der Waals surface area contributed by atoms with Crippen LogP contribution in [0.3, 0.4) is 0 Å². The van der Waals surface area contributed by atoms with Crippen LogP contribution in [-0.2, 0) is 24.3 Å². The van der Waals surface area contributed by atoms with Crippen molar-refractivity contribution in [1.82, 2.24) is 14.9 Å². The van der Waals surface area contributed by atoms with Crippen LogP contribution in [0.15, 0.2) is 36.8 Å². The molecule has 0 saturated heterocycles. The third kappa shape index (κ3) is 3.86. The van der Waals surface area contributed by atoms with Crippen molar-refractivity contribution >= 4 is 5.91 Å². The normalized spacial score (nSPS) is 13.0. The summed E-state index contributed by atoms with van der Waals surface area (Å²) >= 11 is 0. The molecule has 0 atom stereocenters. The van der Waals surface area contributed by atoms with Crippen molar-refractivity contribution in [3.63, 3.8) is 0 Å². The van der Waals surface area contributed by atoms with Gasteiger partial charge in [0, 0.05) is 24.7 Å². The minimum Gasteiger partial charge on any atom is -0.494 e. The molecule has 0 N–H and O–H groups in total. The molecule has 0 fully saturated rings. The summed E-state index contributed by atoms with van der Waals surface area (Å²) in [7, 11) is 0. The van der Waals surface area contributed by atoms with Crippen molar-refractivity contribution in [2.45, 2.75) is 39.3 Å². The van der Waals surface area contributed by atoms with Gasteiger partial charge >= 0.3 is 0 Å². The predicted molar refractivity (Wildman–Crippen MR) is 86.8 cm³/mol. The second-order valence-electron chi connectivity index (χ2n) is 5.74. The lowest BCUT2D eigenvalue weighted by atomic mass is 10.1. The van der Waals surface area contributed by atoms with Gasteiger partial charge in [-0.1, -0.05) is 19.1 Å².